The largest absolute Gasteiger partial charge is 0.383 e. The van der Waals surface area contributed by atoms with Crippen molar-refractivity contribution in [3.8, 4) is 0 Å². The molecule has 1 heterocycles. The zero-order chi connectivity index (χ0) is 13.5. The highest BCUT2D eigenvalue weighted by Gasteiger charge is 2.08. The van der Waals surface area contributed by atoms with Crippen molar-refractivity contribution >= 4 is 17.3 Å². The van der Waals surface area contributed by atoms with Gasteiger partial charge in [0, 0.05) is 13.7 Å². The number of anilines is 1. The topological polar surface area (TPSA) is 56.1 Å². The van der Waals surface area contributed by atoms with Crippen LogP contribution < -0.4 is 10.9 Å². The number of halogens is 1. The van der Waals surface area contributed by atoms with Gasteiger partial charge in [-0.15, -0.1) is 0 Å². The van der Waals surface area contributed by atoms with Crippen molar-refractivity contribution in [2.45, 2.75) is 26.8 Å². The highest BCUT2D eigenvalue weighted by Crippen LogP contribution is 2.15. The molecule has 0 fully saturated rings. The molecule has 102 valence electrons. The molecule has 0 unspecified atom stereocenters. The predicted octanol–water partition coefficient (Wildman–Crippen LogP) is 2.00. The molecule has 5 nitrogen and oxygen atoms in total. The van der Waals surface area contributed by atoms with Crippen molar-refractivity contribution < 1.29 is 4.74 Å². The van der Waals surface area contributed by atoms with Crippen molar-refractivity contribution in [1.29, 1.82) is 0 Å². The highest BCUT2D eigenvalue weighted by molar-refractivity contribution is 6.32. The van der Waals surface area contributed by atoms with Gasteiger partial charge in [-0.25, -0.2) is 4.68 Å². The molecule has 0 aromatic carbocycles. The summed E-state index contributed by atoms with van der Waals surface area (Å²) in [5.41, 5.74) is 0.305. The molecule has 1 rings (SSSR count). The minimum atomic E-state index is -0.289. The fourth-order valence-corrected chi connectivity index (χ4v) is 1.63. The molecular formula is C12H20ClN3O2. The molecule has 1 N–H and O–H groups in total. The van der Waals surface area contributed by atoms with Crippen LogP contribution in [-0.2, 0) is 11.3 Å². The molecule has 1 aromatic rings. The van der Waals surface area contributed by atoms with Crippen LogP contribution in [0.15, 0.2) is 11.0 Å². The second-order valence-corrected chi connectivity index (χ2v) is 4.88. The molecule has 1 aromatic heterocycles. The summed E-state index contributed by atoms with van der Waals surface area (Å²) in [5, 5.41) is 7.37. The third kappa shape index (κ3) is 4.31. The third-order valence-corrected chi connectivity index (χ3v) is 2.89. The number of nitrogens with zero attached hydrogens (tertiary/aromatic N) is 2. The first kappa shape index (κ1) is 15.0. The Hall–Kier alpha value is -1.07. The van der Waals surface area contributed by atoms with Gasteiger partial charge in [0.25, 0.3) is 5.56 Å². The van der Waals surface area contributed by atoms with E-state index in [0.29, 0.717) is 24.8 Å². The molecule has 0 bridgehead atoms. The average Bonchev–Trinajstić information content (AvgIpc) is 2.33. The standard InChI is InChI=1S/C12H20ClN3O2/c1-9(2)4-5-14-10-8-15-16(6-7-18-3)12(17)11(10)13/h8-9,14H,4-7H2,1-3H3. The first-order chi connectivity index (χ1) is 8.56. The molecule has 0 spiro atoms. The van der Waals surface area contributed by atoms with E-state index < -0.39 is 0 Å². The van der Waals surface area contributed by atoms with Crippen molar-refractivity contribution in [3.63, 3.8) is 0 Å². The zero-order valence-corrected chi connectivity index (χ0v) is 11.8. The van der Waals surface area contributed by atoms with E-state index in [2.05, 4.69) is 24.3 Å². The van der Waals surface area contributed by atoms with Gasteiger partial charge in [0.1, 0.15) is 5.02 Å². The SMILES string of the molecule is COCCn1ncc(NCCC(C)C)c(Cl)c1=O. The van der Waals surface area contributed by atoms with Crippen molar-refractivity contribution in [2.75, 3.05) is 25.6 Å². The second kappa shape index (κ2) is 7.38. The summed E-state index contributed by atoms with van der Waals surface area (Å²) in [6, 6.07) is 0. The summed E-state index contributed by atoms with van der Waals surface area (Å²) in [4.78, 5) is 11.9. The smallest absolute Gasteiger partial charge is 0.287 e. The van der Waals surface area contributed by atoms with E-state index in [1.807, 2.05) is 0 Å². The number of ether oxygens (including phenoxy) is 1. The van der Waals surface area contributed by atoms with Crippen molar-refractivity contribution in [2.24, 2.45) is 5.92 Å². The maximum absolute atomic E-state index is 11.9. The van der Waals surface area contributed by atoms with E-state index in [-0.39, 0.29) is 10.6 Å². The van der Waals surface area contributed by atoms with Crippen LogP contribution in [-0.4, -0.2) is 30.0 Å². The summed E-state index contributed by atoms with van der Waals surface area (Å²) in [7, 11) is 1.58. The molecule has 0 aliphatic carbocycles. The molecule has 0 aliphatic heterocycles. The Labute approximate surface area is 112 Å². The summed E-state index contributed by atoms with van der Waals surface area (Å²) < 4.78 is 6.21. The van der Waals surface area contributed by atoms with Crippen LogP contribution >= 0.6 is 11.6 Å². The van der Waals surface area contributed by atoms with Crippen LogP contribution in [0, 0.1) is 5.92 Å². The van der Waals surface area contributed by atoms with E-state index >= 15 is 0 Å². The minimum absolute atomic E-state index is 0.185. The first-order valence-electron chi connectivity index (χ1n) is 6.04. The van der Waals surface area contributed by atoms with Crippen molar-refractivity contribution in [3.05, 3.63) is 21.6 Å². The lowest BCUT2D eigenvalue weighted by Crippen LogP contribution is -2.26. The minimum Gasteiger partial charge on any atom is -0.383 e. The lowest BCUT2D eigenvalue weighted by atomic mass is 10.1. The van der Waals surface area contributed by atoms with Gasteiger partial charge in [-0.1, -0.05) is 25.4 Å². The molecule has 0 saturated heterocycles. The molecular weight excluding hydrogens is 254 g/mol. The Morgan fingerprint density at radius 3 is 2.89 bits per heavy atom. The van der Waals surface area contributed by atoms with E-state index in [0.717, 1.165) is 13.0 Å². The van der Waals surface area contributed by atoms with Gasteiger partial charge in [0.05, 0.1) is 25.0 Å². The Balaban J connectivity index is 2.71. The number of methoxy groups -OCH3 is 1. The maximum atomic E-state index is 11.9. The number of hydrogen-bond donors (Lipinski definition) is 1. The Morgan fingerprint density at radius 2 is 2.28 bits per heavy atom. The van der Waals surface area contributed by atoms with E-state index in [1.165, 1.54) is 4.68 Å². The lowest BCUT2D eigenvalue weighted by Gasteiger charge is -2.11. The quantitative estimate of drug-likeness (QED) is 0.826. The average molecular weight is 274 g/mol. The van der Waals surface area contributed by atoms with Gasteiger partial charge in [-0.05, 0) is 12.3 Å². The van der Waals surface area contributed by atoms with E-state index in [9.17, 15) is 4.79 Å². The molecule has 0 atom stereocenters. The maximum Gasteiger partial charge on any atom is 0.287 e. The Morgan fingerprint density at radius 1 is 1.56 bits per heavy atom. The van der Waals surface area contributed by atoms with Crippen LogP contribution in [0.1, 0.15) is 20.3 Å². The van der Waals surface area contributed by atoms with Gasteiger partial charge >= 0.3 is 0 Å². The summed E-state index contributed by atoms with van der Waals surface area (Å²) >= 11 is 6.02. The Kier molecular flexibility index (Phi) is 6.15. The van der Waals surface area contributed by atoms with Crippen LogP contribution in [0.25, 0.3) is 0 Å². The molecule has 18 heavy (non-hydrogen) atoms. The molecule has 0 radical (unpaired) electrons. The number of aromatic nitrogens is 2. The van der Waals surface area contributed by atoms with E-state index in [1.54, 1.807) is 13.3 Å². The summed E-state index contributed by atoms with van der Waals surface area (Å²) in [5.74, 6) is 0.603. The summed E-state index contributed by atoms with van der Waals surface area (Å²) in [6.07, 6.45) is 2.60. The predicted molar refractivity (Wildman–Crippen MR) is 73.3 cm³/mol. The van der Waals surface area contributed by atoms with Crippen LogP contribution in [0.4, 0.5) is 5.69 Å². The molecule has 0 aliphatic rings. The van der Waals surface area contributed by atoms with Crippen molar-refractivity contribution in [1.82, 2.24) is 9.78 Å². The second-order valence-electron chi connectivity index (χ2n) is 4.50. The van der Waals surface area contributed by atoms with Gasteiger partial charge in [0.15, 0.2) is 0 Å². The molecule has 0 saturated carbocycles. The van der Waals surface area contributed by atoms with Crippen LogP contribution in [0.2, 0.25) is 5.02 Å². The van der Waals surface area contributed by atoms with Gasteiger partial charge in [-0.2, -0.15) is 5.10 Å². The first-order valence-corrected chi connectivity index (χ1v) is 6.42. The van der Waals surface area contributed by atoms with E-state index in [4.69, 9.17) is 16.3 Å². The Bertz CT molecular complexity index is 432. The van der Waals surface area contributed by atoms with Crippen LogP contribution in [0.3, 0.4) is 0 Å². The fourth-order valence-electron chi connectivity index (χ4n) is 1.42. The molecule has 6 heteroatoms. The molecule has 0 amide bonds. The fraction of sp³-hybridized carbons (Fsp3) is 0.667. The summed E-state index contributed by atoms with van der Waals surface area (Å²) in [6.45, 7) is 5.90. The highest BCUT2D eigenvalue weighted by atomic mass is 35.5. The number of nitrogens with one attached hydrogen (secondary N) is 1. The monoisotopic (exact) mass is 273 g/mol. The zero-order valence-electron chi connectivity index (χ0n) is 11.1. The van der Waals surface area contributed by atoms with Crippen LogP contribution in [0.5, 0.6) is 0 Å². The third-order valence-electron chi connectivity index (χ3n) is 2.53. The number of hydrogen-bond acceptors (Lipinski definition) is 4. The lowest BCUT2D eigenvalue weighted by molar-refractivity contribution is 0.182. The van der Waals surface area contributed by atoms with Gasteiger partial charge in [-0.3, -0.25) is 4.79 Å². The van der Waals surface area contributed by atoms with Gasteiger partial charge in [0.2, 0.25) is 0 Å². The van der Waals surface area contributed by atoms with Gasteiger partial charge < -0.3 is 10.1 Å². The normalized spacial score (nSPS) is 10.9. The number of rotatable bonds is 7.